The minimum atomic E-state index is -0.460. The molecule has 1 saturated heterocycles. The quantitative estimate of drug-likeness (QED) is 0.625. The van der Waals surface area contributed by atoms with Crippen LogP contribution in [-0.4, -0.2) is 42.1 Å². The summed E-state index contributed by atoms with van der Waals surface area (Å²) in [6.45, 7) is 2.22. The zero-order chi connectivity index (χ0) is 13.0. The molecule has 0 aromatic heterocycles. The molecule has 1 aliphatic rings. The van der Waals surface area contributed by atoms with E-state index in [9.17, 15) is 14.9 Å². The molecule has 2 rings (SSSR count). The van der Waals surface area contributed by atoms with E-state index >= 15 is 0 Å². The Morgan fingerprint density at radius 1 is 1.39 bits per heavy atom. The fourth-order valence-corrected chi connectivity index (χ4v) is 1.66. The van der Waals surface area contributed by atoms with Gasteiger partial charge in [-0.05, 0) is 12.1 Å². The molecule has 0 atom stereocenters. The van der Waals surface area contributed by atoms with Crippen LogP contribution in [0.5, 0.6) is 5.75 Å². The Morgan fingerprint density at radius 3 is 2.67 bits per heavy atom. The molecule has 1 aliphatic heterocycles. The van der Waals surface area contributed by atoms with Gasteiger partial charge in [0.2, 0.25) is 0 Å². The van der Waals surface area contributed by atoms with Gasteiger partial charge >= 0.3 is 6.03 Å². The molecule has 18 heavy (non-hydrogen) atoms. The minimum absolute atomic E-state index is 0.0290. The van der Waals surface area contributed by atoms with Crippen LogP contribution < -0.4 is 10.1 Å². The van der Waals surface area contributed by atoms with Crippen molar-refractivity contribution in [3.63, 3.8) is 0 Å². The van der Waals surface area contributed by atoms with Crippen LogP contribution >= 0.6 is 0 Å². The first-order valence-electron chi connectivity index (χ1n) is 5.57. The van der Waals surface area contributed by atoms with Crippen LogP contribution in [0.25, 0.3) is 0 Å². The summed E-state index contributed by atoms with van der Waals surface area (Å²) in [6.07, 6.45) is 0. The Hall–Kier alpha value is -2.31. The molecule has 0 radical (unpaired) electrons. The van der Waals surface area contributed by atoms with Gasteiger partial charge in [0.25, 0.3) is 5.69 Å². The summed E-state index contributed by atoms with van der Waals surface area (Å²) >= 11 is 0. The summed E-state index contributed by atoms with van der Waals surface area (Å²) in [5, 5.41) is 13.1. The number of rotatable bonds is 5. The number of non-ortho nitro benzene ring substituents is 1. The summed E-state index contributed by atoms with van der Waals surface area (Å²) in [6, 6.07) is 5.78. The molecule has 1 heterocycles. The van der Waals surface area contributed by atoms with Crippen LogP contribution in [-0.2, 0) is 0 Å². The highest BCUT2D eigenvalue weighted by molar-refractivity contribution is 5.76. The highest BCUT2D eigenvalue weighted by Crippen LogP contribution is 2.17. The highest BCUT2D eigenvalue weighted by Gasteiger charge is 2.18. The molecule has 2 amide bonds. The summed E-state index contributed by atoms with van der Waals surface area (Å²) in [5.74, 6) is 0.556. The normalized spacial score (nSPS) is 14.4. The predicted molar refractivity (Wildman–Crippen MR) is 63.6 cm³/mol. The Balaban J connectivity index is 1.79. The van der Waals surface area contributed by atoms with Crippen molar-refractivity contribution in [3.05, 3.63) is 34.4 Å². The molecule has 1 aromatic rings. The van der Waals surface area contributed by atoms with Crippen molar-refractivity contribution >= 4 is 11.7 Å². The maximum atomic E-state index is 11.2. The number of benzene rings is 1. The second-order valence-corrected chi connectivity index (χ2v) is 3.82. The number of nitrogens with one attached hydrogen (secondary N) is 1. The number of ether oxygens (including phenoxy) is 1. The second kappa shape index (κ2) is 5.35. The predicted octanol–water partition coefficient (Wildman–Crippen LogP) is 0.999. The number of hydrogen-bond acceptors (Lipinski definition) is 4. The molecular weight excluding hydrogens is 238 g/mol. The maximum absolute atomic E-state index is 11.2. The number of nitro benzene ring substituents is 1. The number of nitrogens with zero attached hydrogens (tertiary/aromatic N) is 2. The van der Waals surface area contributed by atoms with Crippen LogP contribution in [0.15, 0.2) is 24.3 Å². The average Bonchev–Trinajstić information content (AvgIpc) is 2.76. The van der Waals surface area contributed by atoms with E-state index in [0.717, 1.165) is 0 Å². The molecule has 0 bridgehead atoms. The molecule has 96 valence electrons. The molecule has 7 nitrogen and oxygen atoms in total. The molecule has 0 spiro atoms. The van der Waals surface area contributed by atoms with Gasteiger partial charge in [0.1, 0.15) is 12.4 Å². The van der Waals surface area contributed by atoms with Gasteiger partial charge in [-0.1, -0.05) is 0 Å². The lowest BCUT2D eigenvalue weighted by molar-refractivity contribution is -0.384. The first-order valence-corrected chi connectivity index (χ1v) is 5.57. The van der Waals surface area contributed by atoms with Crippen molar-refractivity contribution in [2.75, 3.05) is 26.2 Å². The first-order chi connectivity index (χ1) is 8.66. The SMILES string of the molecule is O=C1NCCN1CCOc1ccc([N+](=O)[O-])cc1. The first kappa shape index (κ1) is 12.2. The van der Waals surface area contributed by atoms with Gasteiger partial charge in [-0.3, -0.25) is 10.1 Å². The van der Waals surface area contributed by atoms with Gasteiger partial charge in [0, 0.05) is 25.2 Å². The van der Waals surface area contributed by atoms with E-state index in [1.807, 2.05) is 0 Å². The van der Waals surface area contributed by atoms with E-state index in [2.05, 4.69) is 5.32 Å². The number of amides is 2. The van der Waals surface area contributed by atoms with Crippen LogP contribution in [0, 0.1) is 10.1 Å². The maximum Gasteiger partial charge on any atom is 0.317 e. The summed E-state index contributed by atoms with van der Waals surface area (Å²) in [4.78, 5) is 22.9. The van der Waals surface area contributed by atoms with E-state index in [1.165, 1.54) is 12.1 Å². The number of urea groups is 1. The molecule has 7 heteroatoms. The largest absolute Gasteiger partial charge is 0.492 e. The van der Waals surface area contributed by atoms with Gasteiger partial charge in [0.05, 0.1) is 11.5 Å². The van der Waals surface area contributed by atoms with E-state index < -0.39 is 4.92 Å². The average molecular weight is 251 g/mol. The Morgan fingerprint density at radius 2 is 2.11 bits per heavy atom. The van der Waals surface area contributed by atoms with Gasteiger partial charge in [-0.25, -0.2) is 4.79 Å². The number of carbonyl (C=O) groups excluding carboxylic acids is 1. The minimum Gasteiger partial charge on any atom is -0.492 e. The smallest absolute Gasteiger partial charge is 0.317 e. The lowest BCUT2D eigenvalue weighted by Gasteiger charge is -2.14. The number of nitro groups is 1. The fourth-order valence-electron chi connectivity index (χ4n) is 1.66. The van der Waals surface area contributed by atoms with E-state index in [4.69, 9.17) is 4.74 Å². The van der Waals surface area contributed by atoms with Crippen molar-refractivity contribution < 1.29 is 14.5 Å². The number of carbonyl (C=O) groups is 1. The lowest BCUT2D eigenvalue weighted by atomic mass is 10.3. The van der Waals surface area contributed by atoms with Crippen molar-refractivity contribution in [1.82, 2.24) is 10.2 Å². The van der Waals surface area contributed by atoms with Crippen LogP contribution in [0.4, 0.5) is 10.5 Å². The zero-order valence-electron chi connectivity index (χ0n) is 9.67. The third kappa shape index (κ3) is 2.88. The highest BCUT2D eigenvalue weighted by atomic mass is 16.6. The third-order valence-corrected chi connectivity index (χ3v) is 2.62. The van der Waals surface area contributed by atoms with Crippen molar-refractivity contribution in [2.24, 2.45) is 0 Å². The lowest BCUT2D eigenvalue weighted by Crippen LogP contribution is -2.31. The van der Waals surface area contributed by atoms with Crippen LogP contribution in [0.3, 0.4) is 0 Å². The Bertz CT molecular complexity index is 446. The Labute approximate surface area is 103 Å². The summed E-state index contributed by atoms with van der Waals surface area (Å²) in [5.41, 5.74) is 0.0290. The topological polar surface area (TPSA) is 84.7 Å². The van der Waals surface area contributed by atoms with Crippen molar-refractivity contribution in [1.29, 1.82) is 0 Å². The molecular formula is C11H13N3O4. The molecule has 1 aromatic carbocycles. The van der Waals surface area contributed by atoms with Crippen LogP contribution in [0.1, 0.15) is 0 Å². The zero-order valence-corrected chi connectivity index (χ0v) is 9.67. The summed E-state index contributed by atoms with van der Waals surface area (Å²) in [7, 11) is 0. The van der Waals surface area contributed by atoms with E-state index in [1.54, 1.807) is 17.0 Å². The molecule has 0 saturated carbocycles. The van der Waals surface area contributed by atoms with E-state index in [0.29, 0.717) is 32.0 Å². The molecule has 1 N–H and O–H groups in total. The molecule has 1 fully saturated rings. The monoisotopic (exact) mass is 251 g/mol. The van der Waals surface area contributed by atoms with Gasteiger partial charge in [-0.2, -0.15) is 0 Å². The van der Waals surface area contributed by atoms with Crippen molar-refractivity contribution in [2.45, 2.75) is 0 Å². The standard InChI is InChI=1S/C11H13N3O4/c15-11-12-5-6-13(11)7-8-18-10-3-1-9(2-4-10)14(16)17/h1-4H,5-8H2,(H,12,15). The van der Waals surface area contributed by atoms with Gasteiger partial charge in [-0.15, -0.1) is 0 Å². The van der Waals surface area contributed by atoms with Crippen LogP contribution in [0.2, 0.25) is 0 Å². The molecule has 0 unspecified atom stereocenters. The van der Waals surface area contributed by atoms with E-state index in [-0.39, 0.29) is 11.7 Å². The van der Waals surface area contributed by atoms with Gasteiger partial charge < -0.3 is 15.0 Å². The van der Waals surface area contributed by atoms with Gasteiger partial charge in [0.15, 0.2) is 0 Å². The molecule has 0 aliphatic carbocycles. The number of hydrogen-bond donors (Lipinski definition) is 1. The second-order valence-electron chi connectivity index (χ2n) is 3.82. The van der Waals surface area contributed by atoms with Crippen molar-refractivity contribution in [3.8, 4) is 5.75 Å². The summed E-state index contributed by atoms with van der Waals surface area (Å²) < 4.78 is 5.41. The third-order valence-electron chi connectivity index (χ3n) is 2.62. The fraction of sp³-hybridized carbons (Fsp3) is 0.364. The Kier molecular flexibility index (Phi) is 3.61.